The zero-order valence-electron chi connectivity index (χ0n) is 11.9. The maximum absolute atomic E-state index is 7.45. The van der Waals surface area contributed by atoms with E-state index in [2.05, 4.69) is 6.92 Å². The predicted octanol–water partition coefficient (Wildman–Crippen LogP) is 3.08. The highest BCUT2D eigenvalue weighted by molar-refractivity contribution is 5.97. The third-order valence-corrected chi connectivity index (χ3v) is 2.97. The van der Waals surface area contributed by atoms with Gasteiger partial charge in [0.1, 0.15) is 11.6 Å². The maximum atomic E-state index is 7.45. The molecule has 0 heterocycles. The maximum Gasteiger partial charge on any atom is 0.130 e. The summed E-state index contributed by atoms with van der Waals surface area (Å²) in [5.74, 6) is 0.642. The van der Waals surface area contributed by atoms with Crippen molar-refractivity contribution in [1.82, 2.24) is 0 Å². The van der Waals surface area contributed by atoms with Crippen LogP contribution in [0.2, 0.25) is 0 Å². The molecule has 4 nitrogen and oxygen atoms in total. The van der Waals surface area contributed by atoms with Crippen molar-refractivity contribution >= 4 is 5.84 Å². The van der Waals surface area contributed by atoms with Crippen LogP contribution in [-0.2, 0) is 11.3 Å². The Balaban J connectivity index is 2.44. The van der Waals surface area contributed by atoms with Gasteiger partial charge in [-0.15, -0.1) is 0 Å². The summed E-state index contributed by atoms with van der Waals surface area (Å²) in [6.07, 6.45) is 4.84. The van der Waals surface area contributed by atoms with Gasteiger partial charge in [-0.25, -0.2) is 0 Å². The Kier molecular flexibility index (Phi) is 6.97. The number of nitrogens with two attached hydrogens (primary N) is 1. The zero-order valence-corrected chi connectivity index (χ0v) is 11.9. The lowest BCUT2D eigenvalue weighted by Gasteiger charge is -2.10. The molecule has 0 aliphatic carbocycles. The molecule has 0 aliphatic rings. The molecule has 19 heavy (non-hydrogen) atoms. The highest BCUT2D eigenvalue weighted by atomic mass is 16.5. The van der Waals surface area contributed by atoms with Crippen LogP contribution in [0, 0.1) is 5.41 Å². The smallest absolute Gasteiger partial charge is 0.130 e. The number of nitrogen functional groups attached to an aromatic ring is 1. The summed E-state index contributed by atoms with van der Waals surface area (Å²) in [4.78, 5) is 0. The molecule has 0 fully saturated rings. The SMILES string of the molecule is CCCCCCOCc1ccc(C(=N)N)c(OC)c1. The number of hydrogen-bond acceptors (Lipinski definition) is 3. The molecular weight excluding hydrogens is 240 g/mol. The van der Waals surface area contributed by atoms with E-state index in [1.54, 1.807) is 13.2 Å². The predicted molar refractivity (Wildman–Crippen MR) is 77.8 cm³/mol. The molecule has 0 spiro atoms. The van der Waals surface area contributed by atoms with Crippen LogP contribution in [0.5, 0.6) is 5.75 Å². The lowest BCUT2D eigenvalue weighted by atomic mass is 10.1. The first-order valence-corrected chi connectivity index (χ1v) is 6.78. The van der Waals surface area contributed by atoms with Crippen molar-refractivity contribution in [3.8, 4) is 5.75 Å². The second-order valence-electron chi connectivity index (χ2n) is 4.56. The van der Waals surface area contributed by atoms with E-state index in [0.717, 1.165) is 18.6 Å². The van der Waals surface area contributed by atoms with Gasteiger partial charge in [0.25, 0.3) is 0 Å². The van der Waals surface area contributed by atoms with E-state index in [0.29, 0.717) is 17.9 Å². The average molecular weight is 264 g/mol. The normalized spacial score (nSPS) is 10.4. The molecule has 1 rings (SSSR count). The number of benzene rings is 1. The van der Waals surface area contributed by atoms with Crippen molar-refractivity contribution in [3.05, 3.63) is 29.3 Å². The van der Waals surface area contributed by atoms with Gasteiger partial charge in [0, 0.05) is 6.61 Å². The van der Waals surface area contributed by atoms with Crippen molar-refractivity contribution in [1.29, 1.82) is 5.41 Å². The van der Waals surface area contributed by atoms with E-state index in [4.69, 9.17) is 20.6 Å². The summed E-state index contributed by atoms with van der Waals surface area (Å²) in [6.45, 7) is 3.56. The number of hydrogen-bond donors (Lipinski definition) is 2. The molecule has 0 bridgehead atoms. The van der Waals surface area contributed by atoms with Gasteiger partial charge in [0.2, 0.25) is 0 Å². The number of methoxy groups -OCH3 is 1. The van der Waals surface area contributed by atoms with E-state index in [1.807, 2.05) is 12.1 Å². The standard InChI is InChI=1S/C15H24N2O2/c1-3-4-5-6-9-19-11-12-7-8-13(15(16)17)14(10-12)18-2/h7-8,10H,3-6,9,11H2,1-2H3,(H3,16,17). The van der Waals surface area contributed by atoms with Crippen molar-refractivity contribution in [2.24, 2.45) is 5.73 Å². The highest BCUT2D eigenvalue weighted by Gasteiger charge is 2.06. The van der Waals surface area contributed by atoms with Crippen molar-refractivity contribution in [2.75, 3.05) is 13.7 Å². The Hall–Kier alpha value is -1.55. The molecule has 1 aromatic carbocycles. The van der Waals surface area contributed by atoms with Crippen molar-refractivity contribution < 1.29 is 9.47 Å². The molecule has 3 N–H and O–H groups in total. The molecule has 0 radical (unpaired) electrons. The van der Waals surface area contributed by atoms with E-state index < -0.39 is 0 Å². The Morgan fingerprint density at radius 2 is 2.05 bits per heavy atom. The highest BCUT2D eigenvalue weighted by Crippen LogP contribution is 2.20. The van der Waals surface area contributed by atoms with Gasteiger partial charge in [0.05, 0.1) is 19.3 Å². The molecule has 0 saturated carbocycles. The zero-order chi connectivity index (χ0) is 14.1. The molecule has 0 unspecified atom stereocenters. The molecular formula is C15H24N2O2. The van der Waals surface area contributed by atoms with Crippen LogP contribution in [0.4, 0.5) is 0 Å². The fraction of sp³-hybridized carbons (Fsp3) is 0.533. The van der Waals surface area contributed by atoms with Crippen LogP contribution in [0.1, 0.15) is 43.7 Å². The molecule has 0 saturated heterocycles. The quantitative estimate of drug-likeness (QED) is 0.409. The molecule has 0 aliphatic heterocycles. The topological polar surface area (TPSA) is 68.3 Å². The van der Waals surface area contributed by atoms with Gasteiger partial charge in [-0.05, 0) is 24.1 Å². The van der Waals surface area contributed by atoms with Gasteiger partial charge in [0.15, 0.2) is 0 Å². The van der Waals surface area contributed by atoms with Crippen molar-refractivity contribution in [2.45, 2.75) is 39.2 Å². The first kappa shape index (κ1) is 15.5. The van der Waals surface area contributed by atoms with Gasteiger partial charge in [-0.3, -0.25) is 5.41 Å². The van der Waals surface area contributed by atoms with Gasteiger partial charge in [-0.1, -0.05) is 32.3 Å². The van der Waals surface area contributed by atoms with Crippen LogP contribution >= 0.6 is 0 Å². The number of unbranched alkanes of at least 4 members (excludes halogenated alkanes) is 3. The molecule has 1 aromatic rings. The monoisotopic (exact) mass is 264 g/mol. The molecule has 0 atom stereocenters. The first-order chi connectivity index (χ1) is 9.19. The summed E-state index contributed by atoms with van der Waals surface area (Å²) in [5, 5.41) is 7.45. The fourth-order valence-corrected chi connectivity index (χ4v) is 1.87. The average Bonchev–Trinajstić information content (AvgIpc) is 2.42. The minimum Gasteiger partial charge on any atom is -0.496 e. The van der Waals surface area contributed by atoms with Gasteiger partial charge < -0.3 is 15.2 Å². The summed E-state index contributed by atoms with van der Waals surface area (Å²) < 4.78 is 10.9. The summed E-state index contributed by atoms with van der Waals surface area (Å²) >= 11 is 0. The Labute approximate surface area is 115 Å². The lowest BCUT2D eigenvalue weighted by molar-refractivity contribution is 0.116. The second-order valence-corrected chi connectivity index (χ2v) is 4.56. The molecule has 0 aromatic heterocycles. The van der Waals surface area contributed by atoms with Crippen LogP contribution in [0.25, 0.3) is 0 Å². The Morgan fingerprint density at radius 3 is 2.68 bits per heavy atom. The summed E-state index contributed by atoms with van der Waals surface area (Å²) in [7, 11) is 1.58. The van der Waals surface area contributed by atoms with E-state index in [1.165, 1.54) is 19.3 Å². The van der Waals surface area contributed by atoms with E-state index in [9.17, 15) is 0 Å². The Morgan fingerprint density at radius 1 is 1.26 bits per heavy atom. The van der Waals surface area contributed by atoms with Crippen LogP contribution < -0.4 is 10.5 Å². The minimum atomic E-state index is 0.0175. The molecule has 106 valence electrons. The number of nitrogens with one attached hydrogen (secondary N) is 1. The molecule has 0 amide bonds. The lowest BCUT2D eigenvalue weighted by Crippen LogP contribution is -2.12. The number of ether oxygens (including phenoxy) is 2. The second kappa shape index (κ2) is 8.53. The summed E-state index contributed by atoms with van der Waals surface area (Å²) in [5.41, 5.74) is 7.14. The van der Waals surface area contributed by atoms with Crippen LogP contribution in [0.15, 0.2) is 18.2 Å². The van der Waals surface area contributed by atoms with Crippen molar-refractivity contribution in [3.63, 3.8) is 0 Å². The first-order valence-electron chi connectivity index (χ1n) is 6.78. The Bertz CT molecular complexity index is 405. The van der Waals surface area contributed by atoms with Crippen LogP contribution in [-0.4, -0.2) is 19.6 Å². The van der Waals surface area contributed by atoms with Gasteiger partial charge >= 0.3 is 0 Å². The van der Waals surface area contributed by atoms with E-state index in [-0.39, 0.29) is 5.84 Å². The van der Waals surface area contributed by atoms with Gasteiger partial charge in [-0.2, -0.15) is 0 Å². The third kappa shape index (κ3) is 5.30. The molecule has 4 heteroatoms. The third-order valence-electron chi connectivity index (χ3n) is 2.97. The minimum absolute atomic E-state index is 0.0175. The van der Waals surface area contributed by atoms with Crippen LogP contribution in [0.3, 0.4) is 0 Å². The number of amidine groups is 1. The summed E-state index contributed by atoms with van der Waals surface area (Å²) in [6, 6.07) is 5.60. The largest absolute Gasteiger partial charge is 0.496 e. The number of rotatable bonds is 9. The van der Waals surface area contributed by atoms with E-state index >= 15 is 0 Å². The fourth-order valence-electron chi connectivity index (χ4n) is 1.87.